The van der Waals surface area contributed by atoms with Gasteiger partial charge in [-0.15, -0.1) is 0 Å². The third-order valence-electron chi connectivity index (χ3n) is 5.63. The van der Waals surface area contributed by atoms with Crippen molar-refractivity contribution in [1.29, 1.82) is 0 Å². The van der Waals surface area contributed by atoms with Crippen LogP contribution in [0, 0.1) is 0 Å². The highest BCUT2D eigenvalue weighted by molar-refractivity contribution is 5.84. The summed E-state index contributed by atoms with van der Waals surface area (Å²) in [6, 6.07) is 14.6. The van der Waals surface area contributed by atoms with Gasteiger partial charge in [0.15, 0.2) is 0 Å². The summed E-state index contributed by atoms with van der Waals surface area (Å²) in [5.41, 5.74) is 11.6. The summed E-state index contributed by atoms with van der Waals surface area (Å²) in [6.07, 6.45) is 7.40. The largest absolute Gasteiger partial charge is 0.494 e. The molecule has 5 N–H and O–H groups in total. The van der Waals surface area contributed by atoms with Gasteiger partial charge in [-0.25, -0.2) is 4.98 Å². The Hall–Kier alpha value is -4.00. The predicted molar refractivity (Wildman–Crippen MR) is 129 cm³/mol. The number of aromatic amines is 2. The number of nitrogens with one attached hydrogen (secondary N) is 3. The van der Waals surface area contributed by atoms with Crippen LogP contribution < -0.4 is 15.8 Å². The summed E-state index contributed by atoms with van der Waals surface area (Å²) in [4.78, 5) is 15.2. The Morgan fingerprint density at radius 1 is 1.03 bits per heavy atom. The second kappa shape index (κ2) is 8.63. The molecule has 0 radical (unpaired) electrons. The number of fused-ring (bicyclic) bond motifs is 2. The first-order valence-corrected chi connectivity index (χ1v) is 10.8. The van der Waals surface area contributed by atoms with Gasteiger partial charge in [-0.3, -0.25) is 0 Å². The topological polar surface area (TPSA) is 105 Å². The van der Waals surface area contributed by atoms with Gasteiger partial charge in [-0.2, -0.15) is 4.98 Å². The Morgan fingerprint density at radius 2 is 1.94 bits per heavy atom. The van der Waals surface area contributed by atoms with Crippen molar-refractivity contribution < 1.29 is 4.74 Å². The average Bonchev–Trinajstić information content (AvgIpc) is 3.42. The van der Waals surface area contributed by atoms with Gasteiger partial charge >= 0.3 is 0 Å². The molecule has 0 bridgehead atoms. The van der Waals surface area contributed by atoms with Crippen LogP contribution in [0.4, 0.5) is 11.8 Å². The van der Waals surface area contributed by atoms with E-state index in [1.54, 1.807) is 0 Å². The van der Waals surface area contributed by atoms with Crippen LogP contribution in [0.15, 0.2) is 61.1 Å². The van der Waals surface area contributed by atoms with Crippen LogP contribution in [0.5, 0.6) is 5.75 Å². The fourth-order valence-electron chi connectivity index (χ4n) is 4.07. The predicted octanol–water partition coefficient (Wildman–Crippen LogP) is 4.67. The summed E-state index contributed by atoms with van der Waals surface area (Å²) in [5.74, 6) is 1.94. The number of benzene rings is 2. The van der Waals surface area contributed by atoms with E-state index in [2.05, 4.69) is 67.8 Å². The van der Waals surface area contributed by atoms with Gasteiger partial charge in [0.25, 0.3) is 0 Å². The fourth-order valence-corrected chi connectivity index (χ4v) is 4.07. The monoisotopic (exact) mass is 426 g/mol. The van der Waals surface area contributed by atoms with Crippen molar-refractivity contribution in [3.8, 4) is 5.75 Å². The van der Waals surface area contributed by atoms with Crippen molar-refractivity contribution in [2.45, 2.75) is 19.8 Å². The molecule has 0 fully saturated rings. The van der Waals surface area contributed by atoms with Crippen molar-refractivity contribution in [3.05, 3.63) is 77.7 Å². The number of nitrogens with two attached hydrogens (primary N) is 1. The average molecular weight is 427 g/mol. The molecule has 0 spiro atoms. The second-order valence-electron chi connectivity index (χ2n) is 7.81. The van der Waals surface area contributed by atoms with Crippen molar-refractivity contribution >= 4 is 33.6 Å². The molecule has 32 heavy (non-hydrogen) atoms. The number of nitrogens with zero attached hydrogens (tertiary/aromatic N) is 2. The quantitative estimate of drug-likeness (QED) is 0.289. The molecule has 5 aromatic rings. The first-order chi connectivity index (χ1) is 15.7. The van der Waals surface area contributed by atoms with E-state index < -0.39 is 0 Å². The number of anilines is 2. The summed E-state index contributed by atoms with van der Waals surface area (Å²) in [5, 5.41) is 5.84. The van der Waals surface area contributed by atoms with E-state index in [1.165, 1.54) is 21.9 Å². The zero-order chi connectivity index (χ0) is 21.9. The minimum absolute atomic E-state index is 0.269. The van der Waals surface area contributed by atoms with E-state index in [9.17, 15) is 0 Å². The molecule has 7 nitrogen and oxygen atoms in total. The molecule has 2 aromatic carbocycles. The standard InChI is InChI=1S/C25H26N6O/c1-2-32-20-4-6-23-21(13-20)18(14-29-23)8-10-28-24-19(15-30-25(26)31-24)12-16-3-5-22-17(11-16)7-9-27-22/h3-7,9,11,13-15,27,29H,2,8,10,12H2,1H3,(H3,26,28,30,31). The normalized spacial score (nSPS) is 11.3. The SMILES string of the molecule is CCOc1ccc2[nH]cc(CCNc3nc(N)ncc3Cc3ccc4[nH]ccc4c3)c2c1. The Bertz CT molecular complexity index is 1370. The molecule has 0 aliphatic heterocycles. The zero-order valence-electron chi connectivity index (χ0n) is 18.0. The number of rotatable bonds is 8. The number of aromatic nitrogens is 4. The van der Waals surface area contributed by atoms with Crippen molar-refractivity contribution in [1.82, 2.24) is 19.9 Å². The highest BCUT2D eigenvalue weighted by atomic mass is 16.5. The summed E-state index contributed by atoms with van der Waals surface area (Å²) >= 11 is 0. The lowest BCUT2D eigenvalue weighted by Crippen LogP contribution is -2.11. The van der Waals surface area contributed by atoms with Crippen LogP contribution in [-0.2, 0) is 12.8 Å². The molecule has 7 heteroatoms. The number of ether oxygens (including phenoxy) is 1. The Kier molecular flexibility index (Phi) is 5.37. The molecule has 162 valence electrons. The molecule has 0 amide bonds. The molecule has 0 atom stereocenters. The lowest BCUT2D eigenvalue weighted by Gasteiger charge is -2.12. The van der Waals surface area contributed by atoms with Gasteiger partial charge in [-0.1, -0.05) is 6.07 Å². The molecular weight excluding hydrogens is 400 g/mol. The van der Waals surface area contributed by atoms with E-state index in [0.717, 1.165) is 47.6 Å². The molecule has 5 rings (SSSR count). The van der Waals surface area contributed by atoms with Crippen molar-refractivity contribution in [2.24, 2.45) is 0 Å². The van der Waals surface area contributed by atoms with Gasteiger partial charge < -0.3 is 25.8 Å². The third-order valence-corrected chi connectivity index (χ3v) is 5.63. The van der Waals surface area contributed by atoms with Crippen molar-refractivity contribution in [3.63, 3.8) is 0 Å². The maximum absolute atomic E-state index is 5.88. The van der Waals surface area contributed by atoms with Crippen LogP contribution in [0.3, 0.4) is 0 Å². The van der Waals surface area contributed by atoms with Crippen LogP contribution in [0.25, 0.3) is 21.8 Å². The van der Waals surface area contributed by atoms with Crippen LogP contribution in [0.2, 0.25) is 0 Å². The molecule has 0 aliphatic carbocycles. The third kappa shape index (κ3) is 4.09. The molecular formula is C25H26N6O. The number of hydrogen-bond acceptors (Lipinski definition) is 5. The molecule has 0 aliphatic rings. The van der Waals surface area contributed by atoms with E-state index >= 15 is 0 Å². The van der Waals surface area contributed by atoms with Crippen LogP contribution in [-0.4, -0.2) is 33.1 Å². The van der Waals surface area contributed by atoms with Crippen LogP contribution in [0.1, 0.15) is 23.6 Å². The van der Waals surface area contributed by atoms with Crippen molar-refractivity contribution in [2.75, 3.05) is 24.2 Å². The van der Waals surface area contributed by atoms with Gasteiger partial charge in [0.05, 0.1) is 6.61 Å². The number of hydrogen-bond donors (Lipinski definition) is 4. The van der Waals surface area contributed by atoms with E-state index in [1.807, 2.05) is 25.4 Å². The lowest BCUT2D eigenvalue weighted by molar-refractivity contribution is 0.340. The Labute approximate surface area is 186 Å². The number of nitrogen functional groups attached to an aromatic ring is 1. The minimum atomic E-state index is 0.269. The second-order valence-corrected chi connectivity index (χ2v) is 7.81. The molecule has 3 heterocycles. The zero-order valence-corrected chi connectivity index (χ0v) is 18.0. The molecule has 0 saturated heterocycles. The fraction of sp³-hybridized carbons (Fsp3) is 0.200. The lowest BCUT2D eigenvalue weighted by atomic mass is 10.0. The van der Waals surface area contributed by atoms with Gasteiger partial charge in [-0.05, 0) is 66.3 Å². The first kappa shape index (κ1) is 19.9. The maximum Gasteiger partial charge on any atom is 0.221 e. The highest BCUT2D eigenvalue weighted by Gasteiger charge is 2.10. The van der Waals surface area contributed by atoms with Crippen LogP contribution >= 0.6 is 0 Å². The smallest absolute Gasteiger partial charge is 0.221 e. The highest BCUT2D eigenvalue weighted by Crippen LogP contribution is 2.25. The first-order valence-electron chi connectivity index (χ1n) is 10.8. The van der Waals surface area contributed by atoms with Gasteiger partial charge in [0.2, 0.25) is 5.95 Å². The Balaban J connectivity index is 1.32. The molecule has 0 saturated carbocycles. The van der Waals surface area contributed by atoms with E-state index in [4.69, 9.17) is 10.5 Å². The van der Waals surface area contributed by atoms with E-state index in [-0.39, 0.29) is 5.95 Å². The summed E-state index contributed by atoms with van der Waals surface area (Å²) < 4.78 is 5.66. The van der Waals surface area contributed by atoms with Gasteiger partial charge in [0.1, 0.15) is 11.6 Å². The summed E-state index contributed by atoms with van der Waals surface area (Å²) in [7, 11) is 0. The summed E-state index contributed by atoms with van der Waals surface area (Å²) in [6.45, 7) is 3.38. The molecule has 3 aromatic heterocycles. The maximum atomic E-state index is 5.88. The Morgan fingerprint density at radius 3 is 2.84 bits per heavy atom. The van der Waals surface area contributed by atoms with Gasteiger partial charge in [0, 0.05) is 53.5 Å². The molecule has 0 unspecified atom stereocenters. The minimum Gasteiger partial charge on any atom is -0.494 e. The van der Waals surface area contributed by atoms with E-state index in [0.29, 0.717) is 6.61 Å². The number of H-pyrrole nitrogens is 2.